The first-order valence-electron chi connectivity index (χ1n) is 8.25. The van der Waals surface area contributed by atoms with Crippen LogP contribution in [0, 0.1) is 18.6 Å². The first kappa shape index (κ1) is 19.8. The molecule has 0 amide bonds. The first-order valence-corrected chi connectivity index (χ1v) is 9.41. The highest BCUT2D eigenvalue weighted by Crippen LogP contribution is 2.29. The molecule has 142 valence electrons. The smallest absolute Gasteiger partial charge is 0.216 e. The number of hydrogen-bond acceptors (Lipinski definition) is 4. The van der Waals surface area contributed by atoms with Gasteiger partial charge < -0.3 is 9.30 Å². The van der Waals surface area contributed by atoms with Crippen LogP contribution in [0.2, 0.25) is 10.0 Å². The number of aromatic amines is 1. The van der Waals surface area contributed by atoms with E-state index in [1.165, 1.54) is 0 Å². The minimum Gasteiger partial charge on any atom is -0.383 e. The van der Waals surface area contributed by atoms with Crippen molar-refractivity contribution in [2.75, 3.05) is 13.7 Å². The van der Waals surface area contributed by atoms with Crippen LogP contribution in [0.4, 0.5) is 0 Å². The number of nitrogens with zero attached hydrogens (tertiary/aromatic N) is 4. The summed E-state index contributed by atoms with van der Waals surface area (Å²) < 4.78 is 9.29. The average molecular weight is 424 g/mol. The van der Waals surface area contributed by atoms with Gasteiger partial charge in [0.15, 0.2) is 5.82 Å². The van der Waals surface area contributed by atoms with Crippen LogP contribution in [0.15, 0.2) is 29.4 Å². The molecule has 3 aromatic rings. The molecule has 27 heavy (non-hydrogen) atoms. The van der Waals surface area contributed by atoms with Crippen molar-refractivity contribution in [3.63, 3.8) is 0 Å². The summed E-state index contributed by atoms with van der Waals surface area (Å²) >= 11 is 17.6. The Kier molecular flexibility index (Phi) is 6.16. The van der Waals surface area contributed by atoms with Crippen LogP contribution in [0.5, 0.6) is 0 Å². The summed E-state index contributed by atoms with van der Waals surface area (Å²) in [6.07, 6.45) is 1.77. The van der Waals surface area contributed by atoms with Crippen molar-refractivity contribution in [1.82, 2.24) is 19.4 Å². The van der Waals surface area contributed by atoms with E-state index >= 15 is 0 Å². The average Bonchev–Trinajstić information content (AvgIpc) is 3.11. The normalized spacial score (nSPS) is 11.6. The molecule has 0 aliphatic heterocycles. The maximum atomic E-state index is 6.31. The van der Waals surface area contributed by atoms with Gasteiger partial charge in [0.1, 0.15) is 0 Å². The number of aryl methyl sites for hydroxylation is 1. The SMILES string of the molecule is COCCn1c(C)cc(/C=N/n2c(-c3ccc(Cl)cc3Cl)n[nH]c2=S)c1C. The van der Waals surface area contributed by atoms with Gasteiger partial charge in [0.25, 0.3) is 0 Å². The van der Waals surface area contributed by atoms with Crippen molar-refractivity contribution in [1.29, 1.82) is 0 Å². The molecule has 9 heteroatoms. The number of H-pyrrole nitrogens is 1. The molecule has 1 N–H and O–H groups in total. The van der Waals surface area contributed by atoms with Crippen LogP contribution < -0.4 is 0 Å². The van der Waals surface area contributed by atoms with E-state index in [2.05, 4.69) is 39.8 Å². The van der Waals surface area contributed by atoms with Crippen molar-refractivity contribution in [3.05, 3.63) is 56.0 Å². The van der Waals surface area contributed by atoms with E-state index in [-0.39, 0.29) is 0 Å². The fourth-order valence-corrected chi connectivity index (χ4v) is 3.52. The Morgan fingerprint density at radius 2 is 2.07 bits per heavy atom. The Bertz CT molecular complexity index is 1050. The Morgan fingerprint density at radius 3 is 2.78 bits per heavy atom. The number of nitrogens with one attached hydrogen (secondary N) is 1. The van der Waals surface area contributed by atoms with E-state index in [1.807, 2.05) is 0 Å². The number of benzene rings is 1. The van der Waals surface area contributed by atoms with Crippen LogP contribution in [-0.2, 0) is 11.3 Å². The zero-order valence-electron chi connectivity index (χ0n) is 15.2. The predicted octanol–water partition coefficient (Wildman–Crippen LogP) is 4.86. The van der Waals surface area contributed by atoms with Gasteiger partial charge in [-0.15, -0.1) is 0 Å². The van der Waals surface area contributed by atoms with Crippen LogP contribution in [0.3, 0.4) is 0 Å². The molecule has 0 aliphatic rings. The maximum absolute atomic E-state index is 6.31. The summed E-state index contributed by atoms with van der Waals surface area (Å²) in [5.41, 5.74) is 3.94. The zero-order valence-corrected chi connectivity index (χ0v) is 17.5. The quantitative estimate of drug-likeness (QED) is 0.454. The molecule has 1 aromatic carbocycles. The molecule has 0 fully saturated rings. The predicted molar refractivity (Wildman–Crippen MR) is 112 cm³/mol. The molecule has 0 atom stereocenters. The van der Waals surface area contributed by atoms with Gasteiger partial charge >= 0.3 is 0 Å². The molecule has 0 spiro atoms. The second-order valence-corrected chi connectivity index (χ2v) is 7.23. The van der Waals surface area contributed by atoms with Gasteiger partial charge in [0, 0.05) is 41.2 Å². The number of ether oxygens (including phenoxy) is 1. The molecular weight excluding hydrogens is 405 g/mol. The number of halogens is 2. The molecule has 0 aliphatic carbocycles. The van der Waals surface area contributed by atoms with Gasteiger partial charge in [0.2, 0.25) is 4.77 Å². The van der Waals surface area contributed by atoms with E-state index in [1.54, 1.807) is 36.2 Å². The van der Waals surface area contributed by atoms with Gasteiger partial charge in [-0.05, 0) is 50.3 Å². The summed E-state index contributed by atoms with van der Waals surface area (Å²) in [6.45, 7) is 5.55. The first-order chi connectivity index (χ1) is 12.9. The van der Waals surface area contributed by atoms with Crippen molar-refractivity contribution < 1.29 is 4.74 Å². The van der Waals surface area contributed by atoms with Crippen molar-refractivity contribution in [3.8, 4) is 11.4 Å². The second-order valence-electron chi connectivity index (χ2n) is 6.00. The van der Waals surface area contributed by atoms with Crippen LogP contribution in [-0.4, -0.2) is 39.4 Å². The Hall–Kier alpha value is -1.93. The minimum atomic E-state index is 0.375. The van der Waals surface area contributed by atoms with E-state index in [0.717, 1.165) is 23.5 Å². The van der Waals surface area contributed by atoms with E-state index < -0.39 is 0 Å². The summed E-state index contributed by atoms with van der Waals surface area (Å²) in [7, 11) is 1.70. The Morgan fingerprint density at radius 1 is 1.30 bits per heavy atom. The van der Waals surface area contributed by atoms with Gasteiger partial charge in [-0.25, -0.2) is 5.10 Å². The summed E-state index contributed by atoms with van der Waals surface area (Å²) in [6, 6.07) is 7.27. The molecule has 3 rings (SSSR count). The van der Waals surface area contributed by atoms with Crippen LogP contribution >= 0.6 is 35.4 Å². The molecular formula is C18H19Cl2N5OS. The van der Waals surface area contributed by atoms with Gasteiger partial charge in [-0.3, -0.25) is 0 Å². The van der Waals surface area contributed by atoms with Gasteiger partial charge in [0.05, 0.1) is 17.8 Å². The lowest BCUT2D eigenvalue weighted by Gasteiger charge is -2.08. The zero-order chi connectivity index (χ0) is 19.6. The molecule has 0 bridgehead atoms. The fraction of sp³-hybridized carbons (Fsp3) is 0.278. The summed E-state index contributed by atoms with van der Waals surface area (Å²) in [5.74, 6) is 0.520. The third-order valence-corrected chi connectivity index (χ3v) is 5.08. The van der Waals surface area contributed by atoms with E-state index in [4.69, 9.17) is 40.2 Å². The number of methoxy groups -OCH3 is 1. The third kappa shape index (κ3) is 4.16. The van der Waals surface area contributed by atoms with E-state index in [9.17, 15) is 0 Å². The highest BCUT2D eigenvalue weighted by Gasteiger charge is 2.13. The molecule has 2 heterocycles. The molecule has 2 aromatic heterocycles. The highest BCUT2D eigenvalue weighted by atomic mass is 35.5. The van der Waals surface area contributed by atoms with E-state index in [0.29, 0.717) is 32.8 Å². The molecule has 0 saturated carbocycles. The standard InChI is InChI=1S/C18H19Cl2N5OS/c1-11-8-13(12(2)24(11)6-7-26-3)10-21-25-17(22-23-18(25)27)15-5-4-14(19)9-16(15)20/h4-5,8-10H,6-7H2,1-3H3,(H,23,27)/b21-10+. The fourth-order valence-electron chi connectivity index (χ4n) is 2.85. The monoisotopic (exact) mass is 423 g/mol. The Balaban J connectivity index is 1.98. The second kappa shape index (κ2) is 8.39. The lowest BCUT2D eigenvalue weighted by molar-refractivity contribution is 0.186. The topological polar surface area (TPSA) is 60.1 Å². The van der Waals surface area contributed by atoms with Crippen molar-refractivity contribution >= 4 is 41.6 Å². The van der Waals surface area contributed by atoms with Gasteiger partial charge in [-0.1, -0.05) is 23.2 Å². The molecule has 0 radical (unpaired) electrons. The van der Waals surface area contributed by atoms with Crippen LogP contribution in [0.25, 0.3) is 11.4 Å². The molecule has 6 nitrogen and oxygen atoms in total. The molecule has 0 unspecified atom stereocenters. The van der Waals surface area contributed by atoms with Crippen molar-refractivity contribution in [2.45, 2.75) is 20.4 Å². The lowest BCUT2D eigenvalue weighted by atomic mass is 10.2. The number of rotatable bonds is 6. The summed E-state index contributed by atoms with van der Waals surface area (Å²) in [4.78, 5) is 0. The van der Waals surface area contributed by atoms with Crippen molar-refractivity contribution in [2.24, 2.45) is 5.10 Å². The van der Waals surface area contributed by atoms with Gasteiger partial charge in [-0.2, -0.15) is 14.9 Å². The summed E-state index contributed by atoms with van der Waals surface area (Å²) in [5, 5.41) is 12.6. The highest BCUT2D eigenvalue weighted by molar-refractivity contribution is 7.71. The minimum absolute atomic E-state index is 0.375. The lowest BCUT2D eigenvalue weighted by Crippen LogP contribution is -2.07. The maximum Gasteiger partial charge on any atom is 0.216 e. The number of aromatic nitrogens is 4. The largest absolute Gasteiger partial charge is 0.383 e. The third-order valence-electron chi connectivity index (χ3n) is 4.27. The number of hydrogen-bond donors (Lipinski definition) is 1. The molecule has 0 saturated heterocycles. The van der Waals surface area contributed by atoms with Crippen LogP contribution in [0.1, 0.15) is 17.0 Å². The Labute approximate surface area is 172 Å².